The minimum absolute atomic E-state index is 0.206. The van der Waals surface area contributed by atoms with Gasteiger partial charge in [0.05, 0.1) is 10.4 Å². The Bertz CT molecular complexity index is 1100. The van der Waals surface area contributed by atoms with Gasteiger partial charge in [-0.3, -0.25) is 4.79 Å². The highest BCUT2D eigenvalue weighted by Gasteiger charge is 2.23. The van der Waals surface area contributed by atoms with E-state index in [1.807, 2.05) is 24.3 Å². The van der Waals surface area contributed by atoms with Crippen molar-refractivity contribution < 1.29 is 14.6 Å². The maximum Gasteiger partial charge on any atom is 0.268 e. The summed E-state index contributed by atoms with van der Waals surface area (Å²) in [6, 6.07) is 14.2. The van der Waals surface area contributed by atoms with Crippen molar-refractivity contribution >= 4 is 26.8 Å². The second-order valence-corrected chi connectivity index (χ2v) is 7.99. The molecule has 2 heterocycles. The Morgan fingerprint density at radius 1 is 1.12 bits per heavy atom. The molecule has 0 unspecified atom stereocenters. The Morgan fingerprint density at radius 2 is 1.96 bits per heavy atom. The molecule has 4 rings (SSSR count). The van der Waals surface area contributed by atoms with Gasteiger partial charge in [0.15, 0.2) is 0 Å². The standard InChI is InChI=1S/C19H18N2O3S/c1-14(22)20-10-8-15-6-7-18(12-17(15)13-20)25(23,24)21-11-9-16-4-2-3-5-19(16)21/h2-7,9,11-12H,8,10,13H2,1H3/i1D. The Balaban J connectivity index is 1.76. The number of fused-ring (bicyclic) bond motifs is 2. The number of carbonyl (C=O) groups is 1. The van der Waals surface area contributed by atoms with E-state index in [-0.39, 0.29) is 17.7 Å². The summed E-state index contributed by atoms with van der Waals surface area (Å²) < 4.78 is 34.8. The molecular formula is C19H18N2O3S. The van der Waals surface area contributed by atoms with Crippen LogP contribution in [-0.4, -0.2) is 29.7 Å². The molecule has 1 aliphatic rings. The van der Waals surface area contributed by atoms with Gasteiger partial charge in [0.2, 0.25) is 5.91 Å². The summed E-state index contributed by atoms with van der Waals surface area (Å²) in [6.45, 7) is 0.630. The lowest BCUT2D eigenvalue weighted by atomic mass is 10.00. The van der Waals surface area contributed by atoms with Crippen molar-refractivity contribution in [2.45, 2.75) is 24.8 Å². The second-order valence-electron chi connectivity index (χ2n) is 6.17. The van der Waals surface area contributed by atoms with Crippen molar-refractivity contribution in [2.75, 3.05) is 6.54 Å². The zero-order valence-corrected chi connectivity index (χ0v) is 14.4. The smallest absolute Gasteiger partial charge is 0.268 e. The average molecular weight is 355 g/mol. The molecule has 3 aromatic rings. The van der Waals surface area contributed by atoms with Crippen LogP contribution in [0, 0.1) is 0 Å². The lowest BCUT2D eigenvalue weighted by molar-refractivity contribution is -0.129. The van der Waals surface area contributed by atoms with E-state index in [0.29, 0.717) is 25.0 Å². The van der Waals surface area contributed by atoms with Gasteiger partial charge in [-0.25, -0.2) is 12.4 Å². The molecular weight excluding hydrogens is 336 g/mol. The van der Waals surface area contributed by atoms with Crippen LogP contribution in [0.25, 0.3) is 10.9 Å². The monoisotopic (exact) mass is 355 g/mol. The van der Waals surface area contributed by atoms with Crippen molar-refractivity contribution in [2.24, 2.45) is 0 Å². The maximum absolute atomic E-state index is 13.1. The molecule has 0 aliphatic carbocycles. The third kappa shape index (κ3) is 2.62. The molecule has 1 aliphatic heterocycles. The summed E-state index contributed by atoms with van der Waals surface area (Å²) in [5, 5.41) is 0.862. The SMILES string of the molecule is [2H]CC(=O)N1CCc2ccc(S(=O)(=O)n3ccc4ccccc43)cc2C1. The van der Waals surface area contributed by atoms with Crippen LogP contribution in [0.4, 0.5) is 0 Å². The first-order chi connectivity index (χ1) is 12.5. The molecule has 1 amide bonds. The van der Waals surface area contributed by atoms with Crippen molar-refractivity contribution in [1.82, 2.24) is 8.87 Å². The molecule has 25 heavy (non-hydrogen) atoms. The number of amides is 1. The number of hydrogen-bond donors (Lipinski definition) is 0. The lowest BCUT2D eigenvalue weighted by Crippen LogP contribution is -2.34. The average Bonchev–Trinajstić information content (AvgIpc) is 3.11. The fourth-order valence-electron chi connectivity index (χ4n) is 3.29. The molecule has 2 aromatic carbocycles. The van der Waals surface area contributed by atoms with E-state index in [2.05, 4.69) is 0 Å². The van der Waals surface area contributed by atoms with E-state index in [9.17, 15) is 13.2 Å². The van der Waals surface area contributed by atoms with Crippen LogP contribution < -0.4 is 0 Å². The summed E-state index contributed by atoms with van der Waals surface area (Å²) in [7, 11) is -3.72. The highest BCUT2D eigenvalue weighted by molar-refractivity contribution is 7.90. The predicted molar refractivity (Wildman–Crippen MR) is 95.8 cm³/mol. The van der Waals surface area contributed by atoms with Gasteiger partial charge < -0.3 is 4.90 Å². The minimum Gasteiger partial charge on any atom is -0.338 e. The van der Waals surface area contributed by atoms with Gasteiger partial charge in [0, 0.05) is 32.9 Å². The molecule has 0 saturated carbocycles. The van der Waals surface area contributed by atoms with E-state index < -0.39 is 10.0 Å². The number of carbonyl (C=O) groups excluding carboxylic acids is 1. The highest BCUT2D eigenvalue weighted by Crippen LogP contribution is 2.26. The second kappa shape index (κ2) is 5.74. The lowest BCUT2D eigenvalue weighted by Gasteiger charge is -2.28. The zero-order valence-electron chi connectivity index (χ0n) is 14.6. The van der Waals surface area contributed by atoms with Gasteiger partial charge in [-0.05, 0) is 41.8 Å². The topological polar surface area (TPSA) is 59.4 Å². The van der Waals surface area contributed by atoms with Crippen LogP contribution in [0.5, 0.6) is 0 Å². The van der Waals surface area contributed by atoms with Gasteiger partial charge in [-0.15, -0.1) is 0 Å². The van der Waals surface area contributed by atoms with Crippen molar-refractivity contribution in [3.63, 3.8) is 0 Å². The summed E-state index contributed by atoms with van der Waals surface area (Å²) in [6.07, 6.45) is 2.24. The highest BCUT2D eigenvalue weighted by atomic mass is 32.2. The first-order valence-corrected chi connectivity index (χ1v) is 9.45. The Hall–Kier alpha value is -2.60. The van der Waals surface area contributed by atoms with Crippen LogP contribution in [0.1, 0.15) is 19.4 Å². The Kier molecular flexibility index (Phi) is 3.38. The third-order valence-corrected chi connectivity index (χ3v) is 6.35. The third-order valence-electron chi connectivity index (χ3n) is 4.66. The summed E-state index contributed by atoms with van der Waals surface area (Å²) in [4.78, 5) is 13.6. The van der Waals surface area contributed by atoms with Crippen LogP contribution >= 0.6 is 0 Å². The quantitative estimate of drug-likeness (QED) is 0.710. The normalized spacial score (nSPS) is 15.0. The predicted octanol–water partition coefficient (Wildman–Crippen LogP) is 2.78. The largest absolute Gasteiger partial charge is 0.338 e. The molecule has 0 N–H and O–H groups in total. The Labute approximate surface area is 147 Å². The summed E-state index contributed by atoms with van der Waals surface area (Å²) in [5.74, 6) is -0.236. The Morgan fingerprint density at radius 3 is 2.80 bits per heavy atom. The van der Waals surface area contributed by atoms with Gasteiger partial charge in [-0.1, -0.05) is 24.3 Å². The zero-order chi connectivity index (χ0) is 18.3. The van der Waals surface area contributed by atoms with E-state index in [1.54, 1.807) is 35.4 Å². The van der Waals surface area contributed by atoms with E-state index in [4.69, 9.17) is 1.37 Å². The molecule has 0 saturated heterocycles. The number of nitrogens with zero attached hydrogens (tertiary/aromatic N) is 2. The van der Waals surface area contributed by atoms with E-state index >= 15 is 0 Å². The number of hydrogen-bond acceptors (Lipinski definition) is 3. The number of benzene rings is 2. The first kappa shape index (κ1) is 14.7. The molecule has 0 fully saturated rings. The van der Waals surface area contributed by atoms with Crippen LogP contribution in [-0.2, 0) is 27.8 Å². The first-order valence-electron chi connectivity index (χ1n) is 8.72. The molecule has 128 valence electrons. The summed E-state index contributed by atoms with van der Waals surface area (Å²) in [5.41, 5.74) is 2.52. The molecule has 5 nitrogen and oxygen atoms in total. The molecule has 0 bridgehead atoms. The van der Waals surface area contributed by atoms with Crippen molar-refractivity contribution in [1.29, 1.82) is 0 Å². The molecule has 1 aromatic heterocycles. The van der Waals surface area contributed by atoms with Crippen molar-refractivity contribution in [3.05, 3.63) is 65.9 Å². The van der Waals surface area contributed by atoms with E-state index in [1.165, 1.54) is 3.97 Å². The maximum atomic E-state index is 13.1. The minimum atomic E-state index is -3.72. The van der Waals surface area contributed by atoms with Gasteiger partial charge in [0.1, 0.15) is 0 Å². The number of para-hydroxylation sites is 1. The van der Waals surface area contributed by atoms with Crippen molar-refractivity contribution in [3.8, 4) is 0 Å². The number of aromatic nitrogens is 1. The van der Waals surface area contributed by atoms with Gasteiger partial charge in [0.25, 0.3) is 10.0 Å². The van der Waals surface area contributed by atoms with Gasteiger partial charge >= 0.3 is 0 Å². The summed E-state index contributed by atoms with van der Waals surface area (Å²) >= 11 is 0. The van der Waals surface area contributed by atoms with Crippen LogP contribution in [0.3, 0.4) is 0 Å². The molecule has 0 radical (unpaired) electrons. The van der Waals surface area contributed by atoms with E-state index in [0.717, 1.165) is 16.5 Å². The molecule has 6 heteroatoms. The molecule has 0 spiro atoms. The fraction of sp³-hybridized carbons (Fsp3) is 0.211. The van der Waals surface area contributed by atoms with Crippen LogP contribution in [0.2, 0.25) is 0 Å². The molecule has 0 atom stereocenters. The number of rotatable bonds is 2. The van der Waals surface area contributed by atoms with Crippen LogP contribution in [0.15, 0.2) is 59.6 Å². The fourth-order valence-corrected chi connectivity index (χ4v) is 4.69. The van der Waals surface area contributed by atoms with Gasteiger partial charge in [-0.2, -0.15) is 0 Å².